The summed E-state index contributed by atoms with van der Waals surface area (Å²) in [4.78, 5) is 2.40. The number of hydrogen-bond acceptors (Lipinski definition) is 4. The Morgan fingerprint density at radius 2 is 1.78 bits per heavy atom. The van der Waals surface area contributed by atoms with Gasteiger partial charge in [0.25, 0.3) is 0 Å². The first kappa shape index (κ1) is 14.3. The van der Waals surface area contributed by atoms with Gasteiger partial charge in [0.1, 0.15) is 0 Å². The third kappa shape index (κ3) is 3.92. The Kier molecular flexibility index (Phi) is 5.42. The first-order valence-corrected chi connectivity index (χ1v) is 7.30. The van der Waals surface area contributed by atoms with Crippen molar-refractivity contribution in [2.45, 2.75) is 63.8 Å². The van der Waals surface area contributed by atoms with E-state index < -0.39 is 0 Å². The van der Waals surface area contributed by atoms with Crippen LogP contribution in [-0.2, 0) is 9.47 Å². The molecule has 0 aromatic heterocycles. The highest BCUT2D eigenvalue weighted by molar-refractivity contribution is 4.83. The SMILES string of the molecule is CC1CCC(C)N1CC(O)COC1CCOCC1. The lowest BCUT2D eigenvalue weighted by Gasteiger charge is -2.29. The number of rotatable bonds is 5. The Hall–Kier alpha value is -0.160. The fourth-order valence-electron chi connectivity index (χ4n) is 2.99. The molecule has 0 aromatic rings. The van der Waals surface area contributed by atoms with E-state index in [9.17, 15) is 5.11 Å². The molecule has 0 bridgehead atoms. The van der Waals surface area contributed by atoms with Gasteiger partial charge < -0.3 is 14.6 Å². The van der Waals surface area contributed by atoms with Gasteiger partial charge in [0, 0.05) is 31.8 Å². The highest BCUT2D eigenvalue weighted by Crippen LogP contribution is 2.23. The van der Waals surface area contributed by atoms with Crippen molar-refractivity contribution in [3.8, 4) is 0 Å². The maximum atomic E-state index is 10.1. The molecule has 106 valence electrons. The van der Waals surface area contributed by atoms with Crippen LogP contribution in [0, 0.1) is 0 Å². The molecule has 0 saturated carbocycles. The third-order valence-corrected chi connectivity index (χ3v) is 4.25. The largest absolute Gasteiger partial charge is 0.389 e. The lowest BCUT2D eigenvalue weighted by molar-refractivity contribution is -0.0658. The molecule has 0 spiro atoms. The number of likely N-dealkylation sites (tertiary alicyclic amines) is 1. The second-order valence-corrected chi connectivity index (χ2v) is 5.77. The summed E-state index contributed by atoms with van der Waals surface area (Å²) in [6, 6.07) is 1.19. The van der Waals surface area contributed by atoms with Gasteiger partial charge in [-0.25, -0.2) is 0 Å². The van der Waals surface area contributed by atoms with Gasteiger partial charge in [-0.05, 0) is 39.5 Å². The first-order chi connectivity index (χ1) is 8.66. The van der Waals surface area contributed by atoms with Crippen molar-refractivity contribution in [2.24, 2.45) is 0 Å². The Labute approximate surface area is 110 Å². The molecule has 0 radical (unpaired) electrons. The monoisotopic (exact) mass is 257 g/mol. The fraction of sp³-hybridized carbons (Fsp3) is 1.00. The van der Waals surface area contributed by atoms with Gasteiger partial charge in [-0.15, -0.1) is 0 Å². The van der Waals surface area contributed by atoms with Gasteiger partial charge in [-0.2, -0.15) is 0 Å². The zero-order chi connectivity index (χ0) is 13.0. The van der Waals surface area contributed by atoms with Gasteiger partial charge in [0.2, 0.25) is 0 Å². The van der Waals surface area contributed by atoms with Gasteiger partial charge in [0.15, 0.2) is 0 Å². The summed E-state index contributed by atoms with van der Waals surface area (Å²) in [6.45, 7) is 7.28. The quantitative estimate of drug-likeness (QED) is 0.809. The molecule has 18 heavy (non-hydrogen) atoms. The number of nitrogens with zero attached hydrogens (tertiary/aromatic N) is 1. The highest BCUT2D eigenvalue weighted by Gasteiger charge is 2.29. The minimum Gasteiger partial charge on any atom is -0.389 e. The smallest absolute Gasteiger partial charge is 0.0900 e. The van der Waals surface area contributed by atoms with Gasteiger partial charge in [0.05, 0.1) is 18.8 Å². The molecule has 0 aliphatic carbocycles. The second kappa shape index (κ2) is 6.85. The molecular formula is C14H27NO3. The van der Waals surface area contributed by atoms with E-state index in [0.29, 0.717) is 18.7 Å². The molecule has 1 N–H and O–H groups in total. The summed E-state index contributed by atoms with van der Waals surface area (Å²) < 4.78 is 11.1. The van der Waals surface area contributed by atoms with Crippen molar-refractivity contribution in [3.05, 3.63) is 0 Å². The van der Waals surface area contributed by atoms with Gasteiger partial charge in [-0.3, -0.25) is 4.90 Å². The minimum absolute atomic E-state index is 0.279. The van der Waals surface area contributed by atoms with Crippen molar-refractivity contribution in [1.29, 1.82) is 0 Å². The standard InChI is InChI=1S/C14H27NO3/c1-11-3-4-12(2)15(11)9-13(16)10-18-14-5-7-17-8-6-14/h11-14,16H,3-10H2,1-2H3. The van der Waals surface area contributed by atoms with Crippen LogP contribution in [0.1, 0.15) is 39.5 Å². The van der Waals surface area contributed by atoms with Crippen molar-refractivity contribution >= 4 is 0 Å². The summed E-state index contributed by atoms with van der Waals surface area (Å²) in [5.74, 6) is 0. The van der Waals surface area contributed by atoms with E-state index in [1.165, 1.54) is 12.8 Å². The molecule has 2 saturated heterocycles. The molecule has 0 aromatic carbocycles. The highest BCUT2D eigenvalue weighted by atomic mass is 16.5. The third-order valence-electron chi connectivity index (χ3n) is 4.25. The molecule has 2 rings (SSSR count). The van der Waals surface area contributed by atoms with Gasteiger partial charge >= 0.3 is 0 Å². The molecule has 0 amide bonds. The molecule has 2 fully saturated rings. The lowest BCUT2D eigenvalue weighted by atomic mass is 10.1. The predicted molar refractivity (Wildman–Crippen MR) is 70.7 cm³/mol. The topological polar surface area (TPSA) is 41.9 Å². The number of aliphatic hydroxyl groups excluding tert-OH is 1. The van der Waals surface area contributed by atoms with E-state index in [4.69, 9.17) is 9.47 Å². The molecule has 4 nitrogen and oxygen atoms in total. The summed E-state index contributed by atoms with van der Waals surface area (Å²) in [5, 5.41) is 10.1. The first-order valence-electron chi connectivity index (χ1n) is 7.30. The zero-order valence-electron chi connectivity index (χ0n) is 11.7. The average molecular weight is 257 g/mol. The van der Waals surface area contributed by atoms with Crippen LogP contribution in [0.25, 0.3) is 0 Å². The van der Waals surface area contributed by atoms with E-state index in [-0.39, 0.29) is 12.2 Å². The molecule has 2 aliphatic heterocycles. The Morgan fingerprint density at radius 1 is 1.17 bits per heavy atom. The van der Waals surface area contributed by atoms with Crippen LogP contribution in [0.15, 0.2) is 0 Å². The van der Waals surface area contributed by atoms with Crippen molar-refractivity contribution < 1.29 is 14.6 Å². The minimum atomic E-state index is -0.365. The van der Waals surface area contributed by atoms with E-state index >= 15 is 0 Å². The van der Waals surface area contributed by atoms with Crippen LogP contribution < -0.4 is 0 Å². The summed E-state index contributed by atoms with van der Waals surface area (Å²) in [6.07, 6.45) is 4.33. The maximum absolute atomic E-state index is 10.1. The lowest BCUT2D eigenvalue weighted by Crippen LogP contribution is -2.41. The van der Waals surface area contributed by atoms with E-state index in [2.05, 4.69) is 18.7 Å². The second-order valence-electron chi connectivity index (χ2n) is 5.77. The van der Waals surface area contributed by atoms with E-state index in [1.807, 2.05) is 0 Å². The zero-order valence-corrected chi connectivity index (χ0v) is 11.7. The van der Waals surface area contributed by atoms with Crippen LogP contribution in [-0.4, -0.2) is 60.7 Å². The molecular weight excluding hydrogens is 230 g/mol. The fourth-order valence-corrected chi connectivity index (χ4v) is 2.99. The van der Waals surface area contributed by atoms with Crippen molar-refractivity contribution in [3.63, 3.8) is 0 Å². The van der Waals surface area contributed by atoms with Crippen LogP contribution in [0.3, 0.4) is 0 Å². The van der Waals surface area contributed by atoms with E-state index in [1.54, 1.807) is 0 Å². The maximum Gasteiger partial charge on any atom is 0.0900 e. The molecule has 4 heteroatoms. The summed E-state index contributed by atoms with van der Waals surface area (Å²) in [5.41, 5.74) is 0. The number of aliphatic hydroxyl groups is 1. The van der Waals surface area contributed by atoms with Crippen molar-refractivity contribution in [1.82, 2.24) is 4.90 Å². The van der Waals surface area contributed by atoms with Crippen LogP contribution in [0.5, 0.6) is 0 Å². The predicted octanol–water partition coefficient (Wildman–Crippen LogP) is 1.42. The summed E-state index contributed by atoms with van der Waals surface area (Å²) in [7, 11) is 0. The number of ether oxygens (including phenoxy) is 2. The Balaban J connectivity index is 1.66. The molecule has 3 atom stereocenters. The summed E-state index contributed by atoms with van der Waals surface area (Å²) >= 11 is 0. The Bertz CT molecular complexity index is 233. The van der Waals surface area contributed by atoms with Crippen LogP contribution in [0.4, 0.5) is 0 Å². The van der Waals surface area contributed by atoms with Crippen LogP contribution in [0.2, 0.25) is 0 Å². The number of hydrogen-bond donors (Lipinski definition) is 1. The Morgan fingerprint density at radius 3 is 2.39 bits per heavy atom. The molecule has 3 unspecified atom stereocenters. The van der Waals surface area contributed by atoms with Gasteiger partial charge in [-0.1, -0.05) is 0 Å². The molecule has 2 heterocycles. The number of β-amino-alcohol motifs (C(OH)–C–C–N with tert-alkyl or cyclic N) is 1. The van der Waals surface area contributed by atoms with E-state index in [0.717, 1.165) is 32.6 Å². The molecule has 2 aliphatic rings. The average Bonchev–Trinajstić information content (AvgIpc) is 2.69. The van der Waals surface area contributed by atoms with Crippen LogP contribution >= 0.6 is 0 Å². The normalized spacial score (nSPS) is 32.8. The van der Waals surface area contributed by atoms with Crippen molar-refractivity contribution in [2.75, 3.05) is 26.4 Å².